The summed E-state index contributed by atoms with van der Waals surface area (Å²) < 4.78 is 11.6. The number of ether oxygens (including phenoxy) is 2. The number of hydrogen-bond acceptors (Lipinski definition) is 5. The van der Waals surface area contributed by atoms with E-state index in [1.54, 1.807) is 6.20 Å². The Hall–Kier alpha value is -1.92. The van der Waals surface area contributed by atoms with Crippen LogP contribution in [0, 0.1) is 0 Å². The molecule has 1 amide bonds. The van der Waals surface area contributed by atoms with Crippen molar-refractivity contribution in [2.45, 2.75) is 38.8 Å². The van der Waals surface area contributed by atoms with Gasteiger partial charge >= 0.3 is 0 Å². The van der Waals surface area contributed by atoms with Crippen molar-refractivity contribution in [3.63, 3.8) is 0 Å². The Kier molecular flexibility index (Phi) is 8.42. The quantitative estimate of drug-likeness (QED) is 0.694. The Morgan fingerprint density at radius 2 is 2.36 bits per heavy atom. The molecule has 0 bridgehead atoms. The SMILES string of the molecule is C=CCCC(CN1CCCOCC1)Oc1ccc(CNC(C)=O)cn1. The summed E-state index contributed by atoms with van der Waals surface area (Å²) in [7, 11) is 0. The van der Waals surface area contributed by atoms with E-state index in [-0.39, 0.29) is 12.0 Å². The van der Waals surface area contributed by atoms with Gasteiger partial charge in [-0.15, -0.1) is 6.58 Å². The molecule has 0 saturated carbocycles. The maximum Gasteiger partial charge on any atom is 0.217 e. The van der Waals surface area contributed by atoms with Gasteiger partial charge in [0.15, 0.2) is 0 Å². The van der Waals surface area contributed by atoms with Crippen molar-refractivity contribution in [2.24, 2.45) is 0 Å². The smallest absolute Gasteiger partial charge is 0.217 e. The Bertz CT molecular complexity index is 525. The first-order chi connectivity index (χ1) is 12.2. The number of aromatic nitrogens is 1. The zero-order valence-corrected chi connectivity index (χ0v) is 15.1. The summed E-state index contributed by atoms with van der Waals surface area (Å²) in [4.78, 5) is 17.7. The average molecular weight is 347 g/mol. The van der Waals surface area contributed by atoms with Crippen LogP contribution >= 0.6 is 0 Å². The van der Waals surface area contributed by atoms with Gasteiger partial charge in [-0.25, -0.2) is 4.98 Å². The molecule has 1 aromatic rings. The van der Waals surface area contributed by atoms with Gasteiger partial charge < -0.3 is 14.8 Å². The zero-order valence-electron chi connectivity index (χ0n) is 15.1. The molecule has 0 aliphatic carbocycles. The maximum absolute atomic E-state index is 11.0. The van der Waals surface area contributed by atoms with Gasteiger partial charge in [-0.3, -0.25) is 9.69 Å². The van der Waals surface area contributed by atoms with Gasteiger partial charge in [-0.2, -0.15) is 0 Å². The van der Waals surface area contributed by atoms with Crippen LogP contribution in [0.4, 0.5) is 0 Å². The van der Waals surface area contributed by atoms with E-state index < -0.39 is 0 Å². The van der Waals surface area contributed by atoms with Gasteiger partial charge in [0, 0.05) is 52.0 Å². The Morgan fingerprint density at radius 3 is 3.08 bits per heavy atom. The Balaban J connectivity index is 1.90. The molecule has 6 heteroatoms. The fourth-order valence-corrected chi connectivity index (χ4v) is 2.74. The van der Waals surface area contributed by atoms with Crippen molar-refractivity contribution in [1.29, 1.82) is 0 Å². The highest BCUT2D eigenvalue weighted by atomic mass is 16.5. The normalized spacial score (nSPS) is 16.7. The molecular formula is C19H29N3O3. The lowest BCUT2D eigenvalue weighted by Gasteiger charge is -2.26. The van der Waals surface area contributed by atoms with Gasteiger partial charge in [-0.1, -0.05) is 12.1 Å². The zero-order chi connectivity index (χ0) is 17.9. The van der Waals surface area contributed by atoms with E-state index in [2.05, 4.69) is 21.8 Å². The number of carbonyl (C=O) groups is 1. The Labute approximate surface area is 150 Å². The van der Waals surface area contributed by atoms with Gasteiger partial charge in [0.05, 0.1) is 6.61 Å². The number of nitrogens with zero attached hydrogens (tertiary/aromatic N) is 2. The molecule has 6 nitrogen and oxygen atoms in total. The molecule has 1 atom stereocenters. The van der Waals surface area contributed by atoms with Crippen LogP contribution in [-0.2, 0) is 16.1 Å². The van der Waals surface area contributed by atoms with Crippen molar-refractivity contribution in [3.05, 3.63) is 36.5 Å². The van der Waals surface area contributed by atoms with Crippen LogP contribution < -0.4 is 10.1 Å². The van der Waals surface area contributed by atoms with E-state index in [0.29, 0.717) is 12.4 Å². The van der Waals surface area contributed by atoms with Crippen molar-refractivity contribution < 1.29 is 14.3 Å². The van der Waals surface area contributed by atoms with Crippen LogP contribution in [0.15, 0.2) is 31.0 Å². The highest BCUT2D eigenvalue weighted by molar-refractivity contribution is 5.72. The monoisotopic (exact) mass is 347 g/mol. The van der Waals surface area contributed by atoms with Crippen LogP contribution in [0.1, 0.15) is 31.7 Å². The molecule has 0 radical (unpaired) electrons. The number of allylic oxidation sites excluding steroid dienone is 1. The lowest BCUT2D eigenvalue weighted by molar-refractivity contribution is -0.119. The van der Waals surface area contributed by atoms with Crippen LogP contribution in [0.25, 0.3) is 0 Å². The topological polar surface area (TPSA) is 63.7 Å². The van der Waals surface area contributed by atoms with E-state index in [0.717, 1.165) is 57.7 Å². The minimum absolute atomic E-state index is 0.0498. The lowest BCUT2D eigenvalue weighted by atomic mass is 10.1. The number of amides is 1. The summed E-state index contributed by atoms with van der Waals surface area (Å²) in [6.07, 6.45) is 6.63. The summed E-state index contributed by atoms with van der Waals surface area (Å²) in [6, 6.07) is 3.80. The maximum atomic E-state index is 11.0. The summed E-state index contributed by atoms with van der Waals surface area (Å²) in [6.45, 7) is 10.3. The third kappa shape index (κ3) is 7.67. The van der Waals surface area contributed by atoms with Crippen molar-refractivity contribution in [1.82, 2.24) is 15.2 Å². The van der Waals surface area contributed by atoms with Crippen LogP contribution in [0.3, 0.4) is 0 Å². The molecule has 2 heterocycles. The molecule has 1 saturated heterocycles. The van der Waals surface area contributed by atoms with E-state index in [9.17, 15) is 4.79 Å². The van der Waals surface area contributed by atoms with Gasteiger partial charge in [0.1, 0.15) is 6.10 Å². The minimum Gasteiger partial charge on any atom is -0.473 e. The second-order valence-electron chi connectivity index (χ2n) is 6.29. The van der Waals surface area contributed by atoms with Gasteiger partial charge in [0.2, 0.25) is 11.8 Å². The lowest BCUT2D eigenvalue weighted by Crippen LogP contribution is -2.37. The molecule has 138 valence electrons. The molecule has 1 N–H and O–H groups in total. The van der Waals surface area contributed by atoms with Crippen molar-refractivity contribution in [2.75, 3.05) is 32.8 Å². The standard InChI is InChI=1S/C19H29N3O3/c1-3-4-6-18(15-22-9-5-11-24-12-10-22)25-19-8-7-17(14-21-19)13-20-16(2)23/h3,7-8,14,18H,1,4-6,9-13,15H2,2H3,(H,20,23). The molecule has 1 aromatic heterocycles. The third-order valence-corrected chi connectivity index (χ3v) is 4.10. The van der Waals surface area contributed by atoms with E-state index in [1.165, 1.54) is 6.92 Å². The van der Waals surface area contributed by atoms with E-state index in [4.69, 9.17) is 9.47 Å². The second-order valence-corrected chi connectivity index (χ2v) is 6.29. The number of hydrogen-bond donors (Lipinski definition) is 1. The largest absolute Gasteiger partial charge is 0.473 e. The fourth-order valence-electron chi connectivity index (χ4n) is 2.74. The molecule has 1 aliphatic heterocycles. The number of nitrogens with one attached hydrogen (secondary N) is 1. The average Bonchev–Trinajstić information content (AvgIpc) is 2.87. The number of rotatable bonds is 9. The highest BCUT2D eigenvalue weighted by Gasteiger charge is 2.17. The molecule has 2 rings (SSSR count). The summed E-state index contributed by atoms with van der Waals surface area (Å²) in [5, 5.41) is 2.76. The molecule has 1 unspecified atom stereocenters. The predicted octanol–water partition coefficient (Wildman–Crippen LogP) is 2.15. The van der Waals surface area contributed by atoms with E-state index in [1.807, 2.05) is 18.2 Å². The molecule has 0 aromatic carbocycles. The molecule has 25 heavy (non-hydrogen) atoms. The first-order valence-electron chi connectivity index (χ1n) is 8.94. The summed E-state index contributed by atoms with van der Waals surface area (Å²) in [5.41, 5.74) is 0.954. The second kappa shape index (κ2) is 10.8. The summed E-state index contributed by atoms with van der Waals surface area (Å²) in [5.74, 6) is 0.568. The molecule has 1 fully saturated rings. The first kappa shape index (κ1) is 19.4. The molecule has 1 aliphatic rings. The van der Waals surface area contributed by atoms with Crippen LogP contribution in [-0.4, -0.2) is 54.7 Å². The predicted molar refractivity (Wildman–Crippen MR) is 97.5 cm³/mol. The minimum atomic E-state index is -0.0498. The highest BCUT2D eigenvalue weighted by Crippen LogP contribution is 2.14. The van der Waals surface area contributed by atoms with Crippen LogP contribution in [0.5, 0.6) is 5.88 Å². The summed E-state index contributed by atoms with van der Waals surface area (Å²) >= 11 is 0. The van der Waals surface area contributed by atoms with Crippen molar-refractivity contribution in [3.8, 4) is 5.88 Å². The number of pyridine rings is 1. The van der Waals surface area contributed by atoms with Crippen LogP contribution in [0.2, 0.25) is 0 Å². The first-order valence-corrected chi connectivity index (χ1v) is 8.94. The van der Waals surface area contributed by atoms with Gasteiger partial charge in [-0.05, 0) is 24.8 Å². The number of carbonyl (C=O) groups excluding carboxylic acids is 1. The third-order valence-electron chi connectivity index (χ3n) is 4.10. The molecular weight excluding hydrogens is 318 g/mol. The van der Waals surface area contributed by atoms with Gasteiger partial charge in [0.25, 0.3) is 0 Å². The fraction of sp³-hybridized carbons (Fsp3) is 0.579. The Morgan fingerprint density at radius 1 is 1.48 bits per heavy atom. The van der Waals surface area contributed by atoms with Crippen molar-refractivity contribution >= 4 is 5.91 Å². The molecule has 0 spiro atoms. The van der Waals surface area contributed by atoms with E-state index >= 15 is 0 Å².